The maximum absolute atomic E-state index is 4.39. The molecule has 92 valence electrons. The molecule has 3 heteroatoms. The fraction of sp³-hybridized carbons (Fsp3) is 0.267. The van der Waals surface area contributed by atoms with Crippen LogP contribution < -0.4 is 5.32 Å². The van der Waals surface area contributed by atoms with E-state index in [2.05, 4.69) is 40.6 Å². The fourth-order valence-electron chi connectivity index (χ4n) is 2.24. The Labute approximate surface area is 112 Å². The molecule has 1 aliphatic heterocycles. The van der Waals surface area contributed by atoms with Gasteiger partial charge in [0.2, 0.25) is 0 Å². The molecule has 18 heavy (non-hydrogen) atoms. The van der Waals surface area contributed by atoms with Gasteiger partial charge < -0.3 is 5.32 Å². The lowest BCUT2D eigenvalue weighted by Gasteiger charge is -2.13. The molecule has 0 saturated carbocycles. The summed E-state index contributed by atoms with van der Waals surface area (Å²) in [4.78, 5) is 4.39. The molecule has 0 spiro atoms. The minimum Gasteiger partial charge on any atom is -0.384 e. The highest BCUT2D eigenvalue weighted by atomic mass is 32.2. The summed E-state index contributed by atoms with van der Waals surface area (Å²) in [6.07, 6.45) is 4.21. The quantitative estimate of drug-likeness (QED) is 0.888. The van der Waals surface area contributed by atoms with E-state index in [0.29, 0.717) is 5.25 Å². The van der Waals surface area contributed by atoms with Crippen molar-refractivity contribution in [3.05, 3.63) is 54.2 Å². The third-order valence-corrected chi connectivity index (χ3v) is 4.42. The minimum absolute atomic E-state index is 0.590. The number of aromatic nitrogens is 1. The van der Waals surface area contributed by atoms with Gasteiger partial charge in [0.05, 0.1) is 5.03 Å². The second-order valence-corrected chi connectivity index (χ2v) is 5.81. The minimum atomic E-state index is 0.590. The normalized spacial score (nSPS) is 18.6. The lowest BCUT2D eigenvalue weighted by atomic mass is 10.1. The van der Waals surface area contributed by atoms with Gasteiger partial charge in [0.15, 0.2) is 0 Å². The molecule has 0 bridgehead atoms. The molecular weight excluding hydrogens is 240 g/mol. The van der Waals surface area contributed by atoms with Crippen LogP contribution in [0.1, 0.15) is 12.0 Å². The Morgan fingerprint density at radius 1 is 1.11 bits per heavy atom. The van der Waals surface area contributed by atoms with Gasteiger partial charge in [-0.1, -0.05) is 24.3 Å². The van der Waals surface area contributed by atoms with E-state index in [0.717, 1.165) is 18.0 Å². The molecular formula is C15H16N2S. The molecule has 1 aromatic heterocycles. The maximum Gasteiger partial charge on any atom is 0.0963 e. The molecule has 1 atom stereocenters. The average molecular weight is 256 g/mol. The smallest absolute Gasteiger partial charge is 0.0963 e. The maximum atomic E-state index is 4.39. The first-order valence-corrected chi connectivity index (χ1v) is 7.19. The highest BCUT2D eigenvalue weighted by molar-refractivity contribution is 7.99. The van der Waals surface area contributed by atoms with E-state index in [1.165, 1.54) is 17.7 Å². The molecule has 3 rings (SSSR count). The van der Waals surface area contributed by atoms with Crippen molar-refractivity contribution < 1.29 is 0 Å². The largest absolute Gasteiger partial charge is 0.384 e. The standard InChI is InChI=1S/C15H16N2S/c1-2-6-14-12(5-1)8-9-13(11-17-14)18-15-7-3-4-10-16-15/h1-7,10,13,17H,8-9,11H2. The molecule has 2 heterocycles. The number of hydrogen-bond donors (Lipinski definition) is 1. The fourth-order valence-corrected chi connectivity index (χ4v) is 3.26. The first-order chi connectivity index (χ1) is 8.92. The zero-order chi connectivity index (χ0) is 12.2. The van der Waals surface area contributed by atoms with Crippen molar-refractivity contribution in [1.82, 2.24) is 4.98 Å². The summed E-state index contributed by atoms with van der Waals surface area (Å²) in [6.45, 7) is 1.01. The van der Waals surface area contributed by atoms with Crippen LogP contribution in [0.25, 0.3) is 0 Å². The summed E-state index contributed by atoms with van der Waals surface area (Å²) in [5, 5.41) is 5.26. The first-order valence-electron chi connectivity index (χ1n) is 6.31. The number of pyridine rings is 1. The van der Waals surface area contributed by atoms with Gasteiger partial charge in [-0.25, -0.2) is 4.98 Å². The predicted octanol–water partition coefficient (Wildman–Crippen LogP) is 3.60. The molecule has 2 aromatic rings. The van der Waals surface area contributed by atoms with E-state index >= 15 is 0 Å². The van der Waals surface area contributed by atoms with Gasteiger partial charge in [-0.05, 0) is 36.6 Å². The van der Waals surface area contributed by atoms with Crippen LogP contribution in [0.2, 0.25) is 0 Å². The number of nitrogens with zero attached hydrogens (tertiary/aromatic N) is 1. The van der Waals surface area contributed by atoms with Gasteiger partial charge in [-0.3, -0.25) is 0 Å². The number of hydrogen-bond acceptors (Lipinski definition) is 3. The molecule has 0 aliphatic carbocycles. The number of benzene rings is 1. The van der Waals surface area contributed by atoms with Gasteiger partial charge in [-0.2, -0.15) is 0 Å². The van der Waals surface area contributed by atoms with Crippen LogP contribution in [-0.4, -0.2) is 16.8 Å². The summed E-state index contributed by atoms with van der Waals surface area (Å²) in [6, 6.07) is 14.7. The predicted molar refractivity (Wildman–Crippen MR) is 77.1 cm³/mol. The van der Waals surface area contributed by atoms with Crippen LogP contribution in [0.4, 0.5) is 5.69 Å². The molecule has 0 saturated heterocycles. The van der Waals surface area contributed by atoms with Crippen molar-refractivity contribution in [3.63, 3.8) is 0 Å². The molecule has 0 radical (unpaired) electrons. The van der Waals surface area contributed by atoms with E-state index in [4.69, 9.17) is 0 Å². The number of nitrogens with one attached hydrogen (secondary N) is 1. The Morgan fingerprint density at radius 2 is 2.00 bits per heavy atom. The number of fused-ring (bicyclic) bond motifs is 1. The highest BCUT2D eigenvalue weighted by Crippen LogP contribution is 2.29. The molecule has 1 unspecified atom stereocenters. The van der Waals surface area contributed by atoms with Crippen LogP contribution in [0.3, 0.4) is 0 Å². The Balaban J connectivity index is 1.68. The molecule has 1 N–H and O–H groups in total. The van der Waals surface area contributed by atoms with Gasteiger partial charge in [0.1, 0.15) is 0 Å². The summed E-state index contributed by atoms with van der Waals surface area (Å²) in [5.74, 6) is 0. The van der Waals surface area contributed by atoms with E-state index < -0.39 is 0 Å². The molecule has 1 aliphatic rings. The third kappa shape index (κ3) is 2.67. The second kappa shape index (κ2) is 5.44. The van der Waals surface area contributed by atoms with Crippen LogP contribution in [0, 0.1) is 0 Å². The summed E-state index contributed by atoms with van der Waals surface area (Å²) < 4.78 is 0. The molecule has 2 nitrogen and oxygen atoms in total. The monoisotopic (exact) mass is 256 g/mol. The van der Waals surface area contributed by atoms with Crippen LogP contribution in [-0.2, 0) is 6.42 Å². The Kier molecular flexibility index (Phi) is 3.51. The van der Waals surface area contributed by atoms with E-state index in [1.54, 1.807) is 0 Å². The first kappa shape index (κ1) is 11.6. The zero-order valence-electron chi connectivity index (χ0n) is 10.2. The van der Waals surface area contributed by atoms with Crippen molar-refractivity contribution >= 4 is 17.4 Å². The summed E-state index contributed by atoms with van der Waals surface area (Å²) in [7, 11) is 0. The lowest BCUT2D eigenvalue weighted by molar-refractivity contribution is 0.801. The lowest BCUT2D eigenvalue weighted by Crippen LogP contribution is -2.14. The number of rotatable bonds is 2. The summed E-state index contributed by atoms with van der Waals surface area (Å²) >= 11 is 1.87. The van der Waals surface area contributed by atoms with E-state index in [-0.39, 0.29) is 0 Å². The van der Waals surface area contributed by atoms with Gasteiger partial charge >= 0.3 is 0 Å². The van der Waals surface area contributed by atoms with Crippen LogP contribution in [0.5, 0.6) is 0 Å². The second-order valence-electron chi connectivity index (χ2n) is 4.48. The summed E-state index contributed by atoms with van der Waals surface area (Å²) in [5.41, 5.74) is 2.73. The Bertz CT molecular complexity index is 486. The number of anilines is 1. The van der Waals surface area contributed by atoms with Crippen molar-refractivity contribution in [3.8, 4) is 0 Å². The van der Waals surface area contributed by atoms with Gasteiger partial charge in [0, 0.05) is 23.7 Å². The van der Waals surface area contributed by atoms with Crippen molar-refractivity contribution in [1.29, 1.82) is 0 Å². The van der Waals surface area contributed by atoms with Crippen molar-refractivity contribution in [2.24, 2.45) is 0 Å². The molecule has 0 fully saturated rings. The topological polar surface area (TPSA) is 24.9 Å². The van der Waals surface area contributed by atoms with E-state index in [1.807, 2.05) is 30.1 Å². The number of thioether (sulfide) groups is 1. The average Bonchev–Trinajstić information content (AvgIpc) is 2.63. The SMILES string of the molecule is c1ccc(SC2CCc3ccccc3NC2)nc1. The highest BCUT2D eigenvalue weighted by Gasteiger charge is 2.16. The van der Waals surface area contributed by atoms with Crippen molar-refractivity contribution in [2.45, 2.75) is 23.1 Å². The van der Waals surface area contributed by atoms with Crippen molar-refractivity contribution in [2.75, 3.05) is 11.9 Å². The van der Waals surface area contributed by atoms with E-state index in [9.17, 15) is 0 Å². The number of para-hydroxylation sites is 1. The van der Waals surface area contributed by atoms with Gasteiger partial charge in [-0.15, -0.1) is 11.8 Å². The Hall–Kier alpha value is -1.48. The third-order valence-electron chi connectivity index (χ3n) is 3.20. The molecule has 0 amide bonds. The van der Waals surface area contributed by atoms with Crippen LogP contribution in [0.15, 0.2) is 53.7 Å². The van der Waals surface area contributed by atoms with Gasteiger partial charge in [0.25, 0.3) is 0 Å². The zero-order valence-corrected chi connectivity index (χ0v) is 11.0. The van der Waals surface area contributed by atoms with Crippen LogP contribution >= 0.6 is 11.8 Å². The Morgan fingerprint density at radius 3 is 2.89 bits per heavy atom. The number of aryl methyl sites for hydroxylation is 1. The molecule has 1 aromatic carbocycles.